The van der Waals surface area contributed by atoms with Crippen molar-refractivity contribution in [2.75, 3.05) is 12.0 Å². The standard InChI is InChI=1S/C19H19F2N3O2S2/c1-11(2)28(25,26)24-17-9-12(7-8-16(17)23-19(24)22)14(10-27-3)13-5-4-6-15(20)18(13)21/h4-11H,1-3H3,(H2,22,23)/b14-10-. The molecule has 0 saturated carbocycles. The second-order valence-electron chi connectivity index (χ2n) is 6.40. The minimum atomic E-state index is -3.75. The summed E-state index contributed by atoms with van der Waals surface area (Å²) in [6, 6.07) is 8.80. The highest BCUT2D eigenvalue weighted by molar-refractivity contribution is 8.01. The molecule has 0 amide bonds. The van der Waals surface area contributed by atoms with Gasteiger partial charge in [0.15, 0.2) is 11.6 Å². The molecule has 5 nitrogen and oxygen atoms in total. The molecule has 0 aliphatic heterocycles. The van der Waals surface area contributed by atoms with E-state index in [1.54, 1.807) is 43.7 Å². The van der Waals surface area contributed by atoms with Gasteiger partial charge in [0.2, 0.25) is 16.0 Å². The van der Waals surface area contributed by atoms with Crippen molar-refractivity contribution in [3.63, 3.8) is 0 Å². The summed E-state index contributed by atoms with van der Waals surface area (Å²) in [7, 11) is -3.75. The Labute approximate surface area is 166 Å². The fraction of sp³-hybridized carbons (Fsp3) is 0.211. The highest BCUT2D eigenvalue weighted by Gasteiger charge is 2.25. The molecule has 3 rings (SSSR count). The Morgan fingerprint density at radius 3 is 2.61 bits per heavy atom. The Balaban J connectivity index is 2.28. The van der Waals surface area contributed by atoms with Gasteiger partial charge in [-0.1, -0.05) is 18.2 Å². The van der Waals surface area contributed by atoms with Gasteiger partial charge in [-0.2, -0.15) is 0 Å². The van der Waals surface area contributed by atoms with Crippen molar-refractivity contribution in [3.8, 4) is 0 Å². The number of hydrogen-bond acceptors (Lipinski definition) is 5. The number of benzene rings is 2. The zero-order chi connectivity index (χ0) is 20.6. The Bertz CT molecular complexity index is 1190. The molecular formula is C19H19F2N3O2S2. The number of rotatable bonds is 5. The van der Waals surface area contributed by atoms with E-state index < -0.39 is 26.9 Å². The third-order valence-corrected chi connectivity index (χ3v) is 6.83. The quantitative estimate of drug-likeness (QED) is 0.664. The van der Waals surface area contributed by atoms with Crippen molar-refractivity contribution >= 4 is 44.3 Å². The lowest BCUT2D eigenvalue weighted by Crippen LogP contribution is -2.23. The number of nitrogens with two attached hydrogens (primary N) is 1. The van der Waals surface area contributed by atoms with E-state index in [1.165, 1.54) is 23.9 Å². The number of nitrogen functional groups attached to an aromatic ring is 1. The molecule has 0 fully saturated rings. The van der Waals surface area contributed by atoms with Crippen LogP contribution in [-0.2, 0) is 10.0 Å². The molecule has 1 aromatic heterocycles. The second kappa shape index (κ2) is 7.56. The molecule has 0 unspecified atom stereocenters. The van der Waals surface area contributed by atoms with E-state index in [-0.39, 0.29) is 17.0 Å². The zero-order valence-electron chi connectivity index (χ0n) is 15.5. The Morgan fingerprint density at radius 2 is 1.96 bits per heavy atom. The van der Waals surface area contributed by atoms with Crippen LogP contribution in [0, 0.1) is 11.6 Å². The molecule has 9 heteroatoms. The van der Waals surface area contributed by atoms with E-state index in [2.05, 4.69) is 4.98 Å². The van der Waals surface area contributed by atoms with Gasteiger partial charge in [0.05, 0.1) is 16.3 Å². The van der Waals surface area contributed by atoms with E-state index in [0.717, 1.165) is 10.0 Å². The first-order chi connectivity index (χ1) is 13.2. The van der Waals surface area contributed by atoms with Gasteiger partial charge < -0.3 is 5.73 Å². The summed E-state index contributed by atoms with van der Waals surface area (Å²) < 4.78 is 54.6. The van der Waals surface area contributed by atoms with Crippen molar-refractivity contribution in [2.45, 2.75) is 19.1 Å². The van der Waals surface area contributed by atoms with Crippen molar-refractivity contribution in [3.05, 3.63) is 64.6 Å². The topological polar surface area (TPSA) is 78.0 Å². The summed E-state index contributed by atoms with van der Waals surface area (Å²) in [6.07, 6.45) is 1.79. The molecule has 148 valence electrons. The van der Waals surface area contributed by atoms with Crippen molar-refractivity contribution in [1.29, 1.82) is 0 Å². The molecule has 0 aliphatic carbocycles. The van der Waals surface area contributed by atoms with E-state index >= 15 is 0 Å². The predicted octanol–water partition coefficient (Wildman–Crippen LogP) is 4.24. The van der Waals surface area contributed by atoms with Crippen LogP contribution in [0.4, 0.5) is 14.7 Å². The Kier molecular flexibility index (Phi) is 5.49. The molecule has 2 aromatic carbocycles. The third kappa shape index (κ3) is 3.40. The first-order valence-electron chi connectivity index (χ1n) is 8.38. The largest absolute Gasteiger partial charge is 0.368 e. The van der Waals surface area contributed by atoms with Gasteiger partial charge in [-0.05, 0) is 54.8 Å². The molecule has 3 aromatic rings. The van der Waals surface area contributed by atoms with Crippen molar-refractivity contribution in [1.82, 2.24) is 8.96 Å². The van der Waals surface area contributed by atoms with Gasteiger partial charge in [0.1, 0.15) is 0 Å². The first kappa shape index (κ1) is 20.3. The van der Waals surface area contributed by atoms with Gasteiger partial charge in [0.25, 0.3) is 0 Å². The molecule has 0 atom stereocenters. The van der Waals surface area contributed by atoms with Crippen LogP contribution in [0.3, 0.4) is 0 Å². The van der Waals surface area contributed by atoms with Crippen LogP contribution < -0.4 is 5.73 Å². The van der Waals surface area contributed by atoms with Crippen LogP contribution in [0.1, 0.15) is 25.0 Å². The fourth-order valence-electron chi connectivity index (χ4n) is 2.84. The number of imidazole rings is 1. The minimum absolute atomic E-state index is 0.0828. The summed E-state index contributed by atoms with van der Waals surface area (Å²) >= 11 is 1.32. The Morgan fingerprint density at radius 1 is 1.25 bits per heavy atom. The number of thioether (sulfide) groups is 1. The average molecular weight is 424 g/mol. The normalized spacial score (nSPS) is 12.9. The maximum Gasteiger partial charge on any atom is 0.244 e. The summed E-state index contributed by atoms with van der Waals surface area (Å²) in [5, 5.41) is 0.970. The number of hydrogen-bond donors (Lipinski definition) is 1. The maximum atomic E-state index is 14.4. The van der Waals surface area contributed by atoms with Gasteiger partial charge in [-0.25, -0.2) is 26.2 Å². The number of fused-ring (bicyclic) bond motifs is 1. The van der Waals surface area contributed by atoms with Crippen LogP contribution in [0.25, 0.3) is 16.6 Å². The average Bonchev–Trinajstić information content (AvgIpc) is 2.97. The third-order valence-electron chi connectivity index (χ3n) is 4.28. The Hall–Kier alpha value is -2.39. The highest BCUT2D eigenvalue weighted by atomic mass is 32.2. The molecule has 1 heterocycles. The predicted molar refractivity (Wildman–Crippen MR) is 111 cm³/mol. The van der Waals surface area contributed by atoms with Crippen LogP contribution in [0.15, 0.2) is 41.8 Å². The van der Waals surface area contributed by atoms with Crippen LogP contribution in [0.2, 0.25) is 0 Å². The number of aromatic nitrogens is 2. The molecule has 0 spiro atoms. The molecular weight excluding hydrogens is 404 g/mol. The van der Waals surface area contributed by atoms with E-state index in [9.17, 15) is 17.2 Å². The molecule has 0 saturated heterocycles. The molecule has 2 N–H and O–H groups in total. The van der Waals surface area contributed by atoms with Crippen molar-refractivity contribution < 1.29 is 17.2 Å². The van der Waals surface area contributed by atoms with Gasteiger partial charge >= 0.3 is 0 Å². The summed E-state index contributed by atoms with van der Waals surface area (Å²) in [4.78, 5) is 4.12. The van der Waals surface area contributed by atoms with E-state index in [4.69, 9.17) is 5.73 Å². The molecule has 0 radical (unpaired) electrons. The second-order valence-corrected chi connectivity index (χ2v) is 9.45. The summed E-state index contributed by atoms with van der Waals surface area (Å²) in [6.45, 7) is 3.09. The number of nitrogens with zero attached hydrogens (tertiary/aromatic N) is 2. The highest BCUT2D eigenvalue weighted by Crippen LogP contribution is 2.32. The summed E-state index contributed by atoms with van der Waals surface area (Å²) in [5.74, 6) is -2.07. The lowest BCUT2D eigenvalue weighted by molar-refractivity contribution is 0.506. The molecule has 28 heavy (non-hydrogen) atoms. The lowest BCUT2D eigenvalue weighted by atomic mass is 9.98. The molecule has 0 bridgehead atoms. The van der Waals surface area contributed by atoms with Crippen LogP contribution in [-0.4, -0.2) is 28.9 Å². The lowest BCUT2D eigenvalue weighted by Gasteiger charge is -2.13. The smallest absolute Gasteiger partial charge is 0.244 e. The van der Waals surface area contributed by atoms with Crippen molar-refractivity contribution in [2.24, 2.45) is 0 Å². The van der Waals surface area contributed by atoms with E-state index in [1.807, 2.05) is 0 Å². The minimum Gasteiger partial charge on any atom is -0.368 e. The fourth-order valence-corrected chi connectivity index (χ4v) is 4.48. The number of anilines is 1. The summed E-state index contributed by atoms with van der Waals surface area (Å²) in [5.41, 5.74) is 7.58. The first-order valence-corrected chi connectivity index (χ1v) is 11.2. The molecule has 0 aliphatic rings. The number of halogens is 2. The van der Waals surface area contributed by atoms with Gasteiger partial charge in [-0.3, -0.25) is 0 Å². The zero-order valence-corrected chi connectivity index (χ0v) is 17.1. The SMILES string of the molecule is CS/C=C(/c1ccc2nc(N)n(S(=O)(=O)C(C)C)c2c1)c1cccc(F)c1F. The maximum absolute atomic E-state index is 14.4. The van der Waals surface area contributed by atoms with E-state index in [0.29, 0.717) is 16.7 Å². The van der Waals surface area contributed by atoms with Gasteiger partial charge in [-0.15, -0.1) is 11.8 Å². The van der Waals surface area contributed by atoms with Crippen LogP contribution in [0.5, 0.6) is 0 Å². The monoisotopic (exact) mass is 423 g/mol. The van der Waals surface area contributed by atoms with Crippen LogP contribution >= 0.6 is 11.8 Å². The van der Waals surface area contributed by atoms with Gasteiger partial charge in [0, 0.05) is 5.56 Å².